The average molecular weight is 233 g/mol. The Bertz CT molecular complexity index is 260. The highest BCUT2D eigenvalue weighted by Crippen LogP contribution is 2.64. The second kappa shape index (κ2) is 4.95. The third-order valence-corrected chi connectivity index (χ3v) is 5.84. The predicted octanol–water partition coefficient (Wildman–Crippen LogP) is 3.36. The Morgan fingerprint density at radius 3 is 2.35 bits per heavy atom. The van der Waals surface area contributed by atoms with Crippen LogP contribution in [-0.4, -0.2) is 32.4 Å². The molecule has 2 bridgehead atoms. The van der Waals surface area contributed by atoms with Crippen LogP contribution in [0.1, 0.15) is 47.0 Å². The van der Waals surface area contributed by atoms with E-state index in [1.54, 1.807) is 0 Å². The third kappa shape index (κ3) is 2.30. The van der Waals surface area contributed by atoms with Crippen molar-refractivity contribution >= 4 is 7.85 Å². The lowest BCUT2D eigenvalue weighted by atomic mass is 9.40. The summed E-state index contributed by atoms with van der Waals surface area (Å²) in [7, 11) is 6.37. The summed E-state index contributed by atoms with van der Waals surface area (Å²) in [5.41, 5.74) is 0.573. The standard InChI is InChI=1S/C15H28BN/c1-5-17(6-2)8-7-12-13-9-11(10-14(12)16)15(13,3)4/h11-14H,5-10H2,1-4H3/t11-,12+,13+,14+/m1/s1. The van der Waals surface area contributed by atoms with Crippen molar-refractivity contribution in [2.75, 3.05) is 19.6 Å². The van der Waals surface area contributed by atoms with Gasteiger partial charge in [-0.1, -0.05) is 39.9 Å². The van der Waals surface area contributed by atoms with E-state index in [1.807, 2.05) is 0 Å². The molecule has 0 saturated heterocycles. The molecule has 0 aromatic carbocycles. The Labute approximate surface area is 109 Å². The van der Waals surface area contributed by atoms with Crippen LogP contribution >= 0.6 is 0 Å². The van der Waals surface area contributed by atoms with Crippen LogP contribution < -0.4 is 0 Å². The number of rotatable bonds is 5. The van der Waals surface area contributed by atoms with Gasteiger partial charge in [0.15, 0.2) is 0 Å². The van der Waals surface area contributed by atoms with E-state index in [4.69, 9.17) is 7.85 Å². The zero-order chi connectivity index (χ0) is 12.6. The lowest BCUT2D eigenvalue weighted by molar-refractivity contribution is -0.107. The minimum Gasteiger partial charge on any atom is -0.304 e. The molecule has 1 nitrogen and oxygen atoms in total. The lowest BCUT2D eigenvalue weighted by Crippen LogP contribution is -2.54. The number of nitrogens with zero attached hydrogens (tertiary/aromatic N) is 1. The van der Waals surface area contributed by atoms with Crippen molar-refractivity contribution in [3.63, 3.8) is 0 Å². The fraction of sp³-hybridized carbons (Fsp3) is 1.00. The second-order valence-electron chi connectivity index (χ2n) is 6.74. The molecule has 3 aliphatic rings. The Morgan fingerprint density at radius 1 is 1.18 bits per heavy atom. The van der Waals surface area contributed by atoms with Crippen LogP contribution in [0.5, 0.6) is 0 Å². The van der Waals surface area contributed by atoms with E-state index in [0.717, 1.165) is 17.8 Å². The Hall–Kier alpha value is 0.0249. The summed E-state index contributed by atoms with van der Waals surface area (Å²) < 4.78 is 0. The first-order valence-corrected chi connectivity index (χ1v) is 7.48. The minimum atomic E-state index is 0.474. The summed E-state index contributed by atoms with van der Waals surface area (Å²) in [6.07, 6.45) is 4.03. The van der Waals surface area contributed by atoms with Crippen molar-refractivity contribution < 1.29 is 0 Å². The molecule has 0 N–H and O–H groups in total. The van der Waals surface area contributed by atoms with Crippen LogP contribution in [-0.2, 0) is 0 Å². The fourth-order valence-corrected chi connectivity index (χ4v) is 4.27. The van der Waals surface area contributed by atoms with Crippen LogP contribution in [0.2, 0.25) is 5.82 Å². The molecular formula is C15H28BN. The zero-order valence-corrected chi connectivity index (χ0v) is 12.1. The van der Waals surface area contributed by atoms with Crippen LogP contribution in [0.15, 0.2) is 0 Å². The van der Waals surface area contributed by atoms with Crippen molar-refractivity contribution in [3.8, 4) is 0 Å². The molecule has 3 fully saturated rings. The number of hydrogen-bond donors (Lipinski definition) is 0. The van der Waals surface area contributed by atoms with Crippen molar-refractivity contribution in [1.82, 2.24) is 4.90 Å². The van der Waals surface area contributed by atoms with E-state index in [0.29, 0.717) is 11.2 Å². The summed E-state index contributed by atoms with van der Waals surface area (Å²) in [5, 5.41) is 0. The molecule has 3 aliphatic carbocycles. The summed E-state index contributed by atoms with van der Waals surface area (Å²) in [6, 6.07) is 0. The molecule has 0 amide bonds. The monoisotopic (exact) mass is 233 g/mol. The maximum Gasteiger partial charge on any atom is 0.0703 e. The van der Waals surface area contributed by atoms with Crippen molar-refractivity contribution in [1.29, 1.82) is 0 Å². The molecular weight excluding hydrogens is 205 g/mol. The first kappa shape index (κ1) is 13.5. The Kier molecular flexibility index (Phi) is 3.92. The molecule has 2 radical (unpaired) electrons. The SMILES string of the molecule is [B][C@H]1C[C@H]2C[C@@H]([C@@H]1CCN(CC)CC)C2(C)C. The van der Waals surface area contributed by atoms with Gasteiger partial charge in [-0.2, -0.15) is 0 Å². The highest BCUT2D eigenvalue weighted by molar-refractivity contribution is 6.12. The average Bonchev–Trinajstić information content (AvgIpc) is 2.31. The van der Waals surface area contributed by atoms with E-state index in [9.17, 15) is 0 Å². The molecule has 3 saturated carbocycles. The molecule has 3 rings (SSSR count). The van der Waals surface area contributed by atoms with Gasteiger partial charge >= 0.3 is 0 Å². The normalized spacial score (nSPS) is 39.1. The summed E-state index contributed by atoms with van der Waals surface area (Å²) in [5.74, 6) is 3.05. The summed E-state index contributed by atoms with van der Waals surface area (Å²) >= 11 is 0. The molecule has 0 aliphatic heterocycles. The smallest absolute Gasteiger partial charge is 0.0703 e. The van der Waals surface area contributed by atoms with E-state index in [2.05, 4.69) is 32.6 Å². The van der Waals surface area contributed by atoms with Crippen LogP contribution in [0.3, 0.4) is 0 Å². The van der Waals surface area contributed by atoms with Gasteiger partial charge < -0.3 is 4.90 Å². The van der Waals surface area contributed by atoms with E-state index in [1.165, 1.54) is 38.9 Å². The molecule has 96 valence electrons. The van der Waals surface area contributed by atoms with Gasteiger partial charge in [-0.15, -0.1) is 0 Å². The summed E-state index contributed by atoms with van der Waals surface area (Å²) in [6.45, 7) is 13.0. The van der Waals surface area contributed by atoms with Crippen molar-refractivity contribution in [2.45, 2.75) is 52.8 Å². The topological polar surface area (TPSA) is 3.24 Å². The van der Waals surface area contributed by atoms with E-state index in [-0.39, 0.29) is 0 Å². The highest BCUT2D eigenvalue weighted by Gasteiger charge is 2.55. The first-order chi connectivity index (χ1) is 8.00. The van der Waals surface area contributed by atoms with Crippen LogP contribution in [0, 0.1) is 23.2 Å². The van der Waals surface area contributed by atoms with Gasteiger partial charge in [0.05, 0.1) is 7.85 Å². The number of fused-ring (bicyclic) bond motifs is 2. The van der Waals surface area contributed by atoms with Crippen LogP contribution in [0.4, 0.5) is 0 Å². The first-order valence-electron chi connectivity index (χ1n) is 7.48. The largest absolute Gasteiger partial charge is 0.304 e. The Balaban J connectivity index is 1.91. The van der Waals surface area contributed by atoms with Gasteiger partial charge in [0, 0.05) is 0 Å². The van der Waals surface area contributed by atoms with Gasteiger partial charge in [0.25, 0.3) is 0 Å². The fourth-order valence-electron chi connectivity index (χ4n) is 4.27. The van der Waals surface area contributed by atoms with Crippen LogP contribution in [0.25, 0.3) is 0 Å². The maximum atomic E-state index is 6.37. The third-order valence-electron chi connectivity index (χ3n) is 5.84. The molecule has 4 atom stereocenters. The molecule has 0 aromatic heterocycles. The Morgan fingerprint density at radius 2 is 1.82 bits per heavy atom. The van der Waals surface area contributed by atoms with Gasteiger partial charge in [-0.25, -0.2) is 0 Å². The van der Waals surface area contributed by atoms with Gasteiger partial charge in [-0.3, -0.25) is 0 Å². The highest BCUT2D eigenvalue weighted by atomic mass is 15.1. The minimum absolute atomic E-state index is 0.474. The molecule has 0 spiro atoms. The van der Waals surface area contributed by atoms with E-state index < -0.39 is 0 Å². The second-order valence-corrected chi connectivity index (χ2v) is 6.74. The van der Waals surface area contributed by atoms with Crippen molar-refractivity contribution in [2.24, 2.45) is 23.2 Å². The summed E-state index contributed by atoms with van der Waals surface area (Å²) in [4.78, 5) is 2.53. The van der Waals surface area contributed by atoms with E-state index >= 15 is 0 Å². The maximum absolute atomic E-state index is 6.37. The molecule has 2 heteroatoms. The quantitative estimate of drug-likeness (QED) is 0.658. The van der Waals surface area contributed by atoms with Crippen molar-refractivity contribution in [3.05, 3.63) is 0 Å². The molecule has 17 heavy (non-hydrogen) atoms. The van der Waals surface area contributed by atoms with Gasteiger partial charge in [0.2, 0.25) is 0 Å². The molecule has 0 unspecified atom stereocenters. The molecule has 0 heterocycles. The lowest BCUT2D eigenvalue weighted by Gasteiger charge is -2.63. The zero-order valence-electron chi connectivity index (χ0n) is 12.1. The van der Waals surface area contributed by atoms with Gasteiger partial charge in [0.1, 0.15) is 0 Å². The predicted molar refractivity (Wildman–Crippen MR) is 75.4 cm³/mol. The number of hydrogen-bond acceptors (Lipinski definition) is 1. The molecule has 0 aromatic rings. The van der Waals surface area contributed by atoms with Gasteiger partial charge in [-0.05, 0) is 55.6 Å².